The van der Waals surface area contributed by atoms with Gasteiger partial charge < -0.3 is 9.63 Å². The molecule has 0 aliphatic rings. The Kier molecular flexibility index (Phi) is 4.06. The Hall–Kier alpha value is -2.24. The minimum atomic E-state index is -0.837. The van der Waals surface area contributed by atoms with Crippen molar-refractivity contribution in [2.45, 2.75) is 40.5 Å². The maximum Gasteiger partial charge on any atom is 0.303 e. The monoisotopic (exact) mass is 289 g/mol. The van der Waals surface area contributed by atoms with Crippen LogP contribution in [0.25, 0.3) is 11.5 Å². The van der Waals surface area contributed by atoms with Gasteiger partial charge in [-0.2, -0.15) is 4.98 Å². The number of pyridine rings is 1. The minimum Gasteiger partial charge on any atom is -0.481 e. The average molecular weight is 289 g/mol. The number of hydrogen-bond acceptors (Lipinski definition) is 5. The molecule has 2 heterocycles. The highest BCUT2D eigenvalue weighted by atomic mass is 16.5. The van der Waals surface area contributed by atoms with Gasteiger partial charge in [-0.3, -0.25) is 9.78 Å². The summed E-state index contributed by atoms with van der Waals surface area (Å²) in [5.74, 6) is 0.0300. The first-order valence-electron chi connectivity index (χ1n) is 6.75. The summed E-state index contributed by atoms with van der Waals surface area (Å²) >= 11 is 0. The first kappa shape index (κ1) is 15.2. The summed E-state index contributed by atoms with van der Waals surface area (Å²) in [5, 5.41) is 12.8. The van der Waals surface area contributed by atoms with Gasteiger partial charge in [0.05, 0.1) is 6.42 Å². The van der Waals surface area contributed by atoms with Gasteiger partial charge in [0.15, 0.2) is 0 Å². The van der Waals surface area contributed by atoms with E-state index in [-0.39, 0.29) is 6.42 Å². The van der Waals surface area contributed by atoms with E-state index in [2.05, 4.69) is 15.1 Å². The second-order valence-electron chi connectivity index (χ2n) is 6.10. The zero-order valence-corrected chi connectivity index (χ0v) is 12.7. The summed E-state index contributed by atoms with van der Waals surface area (Å²) < 4.78 is 5.23. The van der Waals surface area contributed by atoms with Crippen LogP contribution in [-0.2, 0) is 11.2 Å². The zero-order valence-electron chi connectivity index (χ0n) is 12.7. The maximum absolute atomic E-state index is 10.8. The van der Waals surface area contributed by atoms with E-state index in [4.69, 9.17) is 9.63 Å². The van der Waals surface area contributed by atoms with E-state index in [9.17, 15) is 4.79 Å². The molecule has 0 aromatic carbocycles. The molecule has 21 heavy (non-hydrogen) atoms. The molecule has 0 saturated carbocycles. The SMILES string of the molecule is Cc1cnc(-c2noc(CC(C)(C)CC(=O)O)n2)c(C)c1. The van der Waals surface area contributed by atoms with Crippen LogP contribution in [0, 0.1) is 19.3 Å². The molecular weight excluding hydrogens is 270 g/mol. The Balaban J connectivity index is 2.20. The van der Waals surface area contributed by atoms with Gasteiger partial charge in [0, 0.05) is 12.6 Å². The van der Waals surface area contributed by atoms with Crippen molar-refractivity contribution in [1.29, 1.82) is 0 Å². The molecule has 0 bridgehead atoms. The molecule has 0 aliphatic carbocycles. The Morgan fingerprint density at radius 2 is 2.10 bits per heavy atom. The van der Waals surface area contributed by atoms with Gasteiger partial charge >= 0.3 is 5.97 Å². The van der Waals surface area contributed by atoms with Gasteiger partial charge in [-0.1, -0.05) is 25.1 Å². The smallest absolute Gasteiger partial charge is 0.303 e. The van der Waals surface area contributed by atoms with Crippen molar-refractivity contribution in [3.05, 3.63) is 29.3 Å². The lowest BCUT2D eigenvalue weighted by Gasteiger charge is -2.19. The summed E-state index contributed by atoms with van der Waals surface area (Å²) in [6.07, 6.45) is 2.22. The first-order valence-corrected chi connectivity index (χ1v) is 6.75. The average Bonchev–Trinajstić information content (AvgIpc) is 2.74. The molecule has 0 unspecified atom stereocenters. The van der Waals surface area contributed by atoms with Crippen molar-refractivity contribution in [2.75, 3.05) is 0 Å². The van der Waals surface area contributed by atoms with Gasteiger partial charge in [-0.05, 0) is 30.4 Å². The van der Waals surface area contributed by atoms with Crippen LogP contribution in [0.4, 0.5) is 0 Å². The number of carboxylic acids is 1. The van der Waals surface area contributed by atoms with Crippen LogP contribution in [-0.4, -0.2) is 26.2 Å². The van der Waals surface area contributed by atoms with Crippen molar-refractivity contribution in [1.82, 2.24) is 15.1 Å². The largest absolute Gasteiger partial charge is 0.481 e. The molecule has 1 N–H and O–H groups in total. The molecule has 6 heteroatoms. The Morgan fingerprint density at radius 3 is 2.71 bits per heavy atom. The van der Waals surface area contributed by atoms with Crippen LogP contribution < -0.4 is 0 Å². The maximum atomic E-state index is 10.8. The lowest BCUT2D eigenvalue weighted by Crippen LogP contribution is -2.19. The third-order valence-corrected chi connectivity index (χ3v) is 3.15. The fraction of sp³-hybridized carbons (Fsp3) is 0.467. The second kappa shape index (κ2) is 5.63. The lowest BCUT2D eigenvalue weighted by atomic mass is 9.86. The number of carboxylic acid groups (broad SMARTS) is 1. The molecule has 2 rings (SSSR count). The predicted molar refractivity (Wildman–Crippen MR) is 76.7 cm³/mol. The number of carbonyl (C=O) groups is 1. The van der Waals surface area contributed by atoms with Crippen molar-refractivity contribution >= 4 is 5.97 Å². The molecule has 0 spiro atoms. The number of aryl methyl sites for hydroxylation is 2. The summed E-state index contributed by atoms with van der Waals surface area (Å²) in [5.41, 5.74) is 2.30. The second-order valence-corrected chi connectivity index (χ2v) is 6.10. The summed E-state index contributed by atoms with van der Waals surface area (Å²) in [4.78, 5) is 19.5. The lowest BCUT2D eigenvalue weighted by molar-refractivity contribution is -0.139. The minimum absolute atomic E-state index is 0.0481. The van der Waals surface area contributed by atoms with Gasteiger partial charge in [0.25, 0.3) is 0 Å². The van der Waals surface area contributed by atoms with Crippen LogP contribution in [0.2, 0.25) is 0 Å². The molecule has 0 saturated heterocycles. The van der Waals surface area contributed by atoms with E-state index >= 15 is 0 Å². The van der Waals surface area contributed by atoms with E-state index in [0.717, 1.165) is 11.1 Å². The van der Waals surface area contributed by atoms with E-state index in [1.807, 2.05) is 33.8 Å². The summed E-state index contributed by atoms with van der Waals surface area (Å²) in [6.45, 7) is 7.64. The van der Waals surface area contributed by atoms with Gasteiger partial charge in [0.2, 0.25) is 11.7 Å². The van der Waals surface area contributed by atoms with E-state index in [1.54, 1.807) is 6.20 Å². The number of rotatable bonds is 5. The van der Waals surface area contributed by atoms with E-state index in [0.29, 0.717) is 23.8 Å². The molecule has 0 radical (unpaired) electrons. The molecule has 2 aromatic heterocycles. The van der Waals surface area contributed by atoms with Crippen LogP contribution in [0.3, 0.4) is 0 Å². The summed E-state index contributed by atoms with van der Waals surface area (Å²) in [7, 11) is 0. The first-order chi connectivity index (χ1) is 9.77. The Morgan fingerprint density at radius 1 is 1.38 bits per heavy atom. The highest BCUT2D eigenvalue weighted by Crippen LogP contribution is 2.26. The summed E-state index contributed by atoms with van der Waals surface area (Å²) in [6, 6.07) is 2.01. The van der Waals surface area contributed by atoms with Gasteiger partial charge in [-0.15, -0.1) is 0 Å². The standard InChI is InChI=1S/C15H19N3O3/c1-9-5-10(2)13(16-8-9)14-17-11(21-18-14)6-15(3,4)7-12(19)20/h5,8H,6-7H2,1-4H3,(H,19,20). The van der Waals surface area contributed by atoms with Crippen LogP contribution >= 0.6 is 0 Å². The molecule has 0 atom stereocenters. The van der Waals surface area contributed by atoms with Crippen LogP contribution in [0.15, 0.2) is 16.8 Å². The Bertz CT molecular complexity index is 662. The van der Waals surface area contributed by atoms with Crippen LogP contribution in [0.1, 0.15) is 37.3 Å². The van der Waals surface area contributed by atoms with Crippen molar-refractivity contribution < 1.29 is 14.4 Å². The fourth-order valence-electron chi connectivity index (χ4n) is 2.25. The van der Waals surface area contributed by atoms with Crippen molar-refractivity contribution in [2.24, 2.45) is 5.41 Å². The molecule has 0 aliphatic heterocycles. The molecule has 0 amide bonds. The normalized spacial score (nSPS) is 11.6. The number of nitrogens with zero attached hydrogens (tertiary/aromatic N) is 3. The Labute approximate surface area is 123 Å². The highest BCUT2D eigenvalue weighted by Gasteiger charge is 2.25. The van der Waals surface area contributed by atoms with E-state index in [1.165, 1.54) is 0 Å². The van der Waals surface area contributed by atoms with Gasteiger partial charge in [-0.25, -0.2) is 0 Å². The third-order valence-electron chi connectivity index (χ3n) is 3.15. The number of aromatic nitrogens is 3. The zero-order chi connectivity index (χ0) is 15.6. The molecule has 6 nitrogen and oxygen atoms in total. The third kappa shape index (κ3) is 3.87. The van der Waals surface area contributed by atoms with Crippen LogP contribution in [0.5, 0.6) is 0 Å². The van der Waals surface area contributed by atoms with E-state index < -0.39 is 11.4 Å². The molecule has 0 fully saturated rings. The molecule has 2 aromatic rings. The molecular formula is C15H19N3O3. The molecule has 112 valence electrons. The topological polar surface area (TPSA) is 89.1 Å². The number of aliphatic carboxylic acids is 1. The fourth-order valence-corrected chi connectivity index (χ4v) is 2.25. The van der Waals surface area contributed by atoms with Crippen molar-refractivity contribution in [3.63, 3.8) is 0 Å². The number of hydrogen-bond donors (Lipinski definition) is 1. The van der Waals surface area contributed by atoms with Gasteiger partial charge in [0.1, 0.15) is 5.69 Å². The van der Waals surface area contributed by atoms with Crippen molar-refractivity contribution in [3.8, 4) is 11.5 Å². The highest BCUT2D eigenvalue weighted by molar-refractivity contribution is 5.67. The quantitative estimate of drug-likeness (QED) is 0.910. The predicted octanol–water partition coefficient (Wildman–Crippen LogP) is 2.79.